The third-order valence-electron chi connectivity index (χ3n) is 16.1. The lowest BCUT2D eigenvalue weighted by molar-refractivity contribution is -0.176. The Hall–Kier alpha value is -0.360. The predicted octanol–water partition coefficient (Wildman–Crippen LogP) is 10.3. The zero-order chi connectivity index (χ0) is 40.8. The van der Waals surface area contributed by atoms with Crippen LogP contribution in [0.4, 0.5) is 0 Å². The number of hydrogen-bond acceptors (Lipinski definition) is 9. The average molecular weight is 821 g/mol. The van der Waals surface area contributed by atoms with Gasteiger partial charge in [-0.2, -0.15) is 0 Å². The molecule has 0 aromatic rings. The Morgan fingerprint density at radius 1 is 0.500 bits per heavy atom. The molecule has 6 fully saturated rings. The number of hydrogen-bond donors (Lipinski definition) is 0. The molecule has 0 aromatic carbocycles. The summed E-state index contributed by atoms with van der Waals surface area (Å²) in [6.45, 7) is 21.3. The van der Waals surface area contributed by atoms with Crippen LogP contribution in [0.15, 0.2) is 0 Å². The van der Waals surface area contributed by atoms with Crippen molar-refractivity contribution in [3.63, 3.8) is 0 Å². The van der Waals surface area contributed by atoms with E-state index < -0.39 is 0 Å². The largest absolute Gasteiger partial charge is 0.377 e. The van der Waals surface area contributed by atoms with Gasteiger partial charge in [-0.05, 0) is 151 Å². The number of rotatable bonds is 27. The molecule has 9 nitrogen and oxygen atoms in total. The first-order valence-electron chi connectivity index (χ1n) is 24.6. The fraction of sp³-hybridized carbons (Fsp3) is 1.00. The molecule has 0 spiro atoms. The van der Waals surface area contributed by atoms with Crippen molar-refractivity contribution in [3.8, 4) is 0 Å². The predicted molar refractivity (Wildman–Crippen MR) is 229 cm³/mol. The van der Waals surface area contributed by atoms with Crippen molar-refractivity contribution in [1.29, 1.82) is 0 Å². The van der Waals surface area contributed by atoms with Crippen molar-refractivity contribution >= 4 is 0 Å². The number of ether oxygens (including phenoxy) is 9. The topological polar surface area (TPSA) is 89.7 Å². The van der Waals surface area contributed by atoms with Crippen LogP contribution in [0.2, 0.25) is 0 Å². The van der Waals surface area contributed by atoms with Gasteiger partial charge in [0.25, 0.3) is 0 Å². The molecule has 9 heteroatoms. The van der Waals surface area contributed by atoms with E-state index in [0.717, 1.165) is 75.3 Å². The van der Waals surface area contributed by atoms with E-state index >= 15 is 0 Å². The summed E-state index contributed by atoms with van der Waals surface area (Å²) in [5, 5.41) is 0. The minimum atomic E-state index is -0.202. The van der Waals surface area contributed by atoms with Crippen molar-refractivity contribution in [2.24, 2.45) is 40.4 Å². The second kappa shape index (κ2) is 23.9. The highest BCUT2D eigenvalue weighted by Crippen LogP contribution is 2.51. The van der Waals surface area contributed by atoms with Crippen LogP contribution in [0, 0.1) is 40.4 Å². The van der Waals surface area contributed by atoms with Crippen molar-refractivity contribution in [1.82, 2.24) is 0 Å². The summed E-state index contributed by atoms with van der Waals surface area (Å²) in [5.41, 5.74) is 0.831. The standard InChI is InChI=1S/C49H88O9/c1-36(8-7-9-38-10-12-39(13-11-38)48(3,4)40-14-20-43(21-15-40)54-32-46-34-56-46)52-30-28-50-26-27-51-29-31-53-37(2)58-45-24-18-42(19-25-45)49(5,6)41-16-22-44(23-17-41)55-33-47-35-57-47/h36-47H,7-35H2,1-6H3. The summed E-state index contributed by atoms with van der Waals surface area (Å²) in [4.78, 5) is 0. The van der Waals surface area contributed by atoms with Gasteiger partial charge in [0.2, 0.25) is 0 Å². The third-order valence-corrected chi connectivity index (χ3v) is 16.1. The van der Waals surface area contributed by atoms with Gasteiger partial charge in [-0.25, -0.2) is 0 Å². The molecular weight excluding hydrogens is 733 g/mol. The molecule has 4 unspecified atom stereocenters. The molecule has 2 saturated heterocycles. The molecule has 4 saturated carbocycles. The fourth-order valence-corrected chi connectivity index (χ4v) is 11.6. The quantitative estimate of drug-likeness (QED) is 0.0456. The maximum atomic E-state index is 6.31. The van der Waals surface area contributed by atoms with Crippen LogP contribution in [-0.2, 0) is 42.6 Å². The lowest BCUT2D eigenvalue weighted by Gasteiger charge is -2.46. The van der Waals surface area contributed by atoms with Gasteiger partial charge in [0.05, 0.1) is 90.5 Å². The minimum Gasteiger partial charge on any atom is -0.377 e. The SMILES string of the molecule is CC(CCCC1CCC(C(C)(C)C2CCC(OCC3CO3)CC2)CC1)OCCOCCOCCOC(C)OC1CCC(C(C)(C)C2CCC(OCC3CO3)CC2)CC1. The van der Waals surface area contributed by atoms with E-state index in [1.165, 1.54) is 103 Å². The van der Waals surface area contributed by atoms with Crippen molar-refractivity contribution in [3.05, 3.63) is 0 Å². The first-order chi connectivity index (χ1) is 28.1. The molecule has 58 heavy (non-hydrogen) atoms. The summed E-state index contributed by atoms with van der Waals surface area (Å²) in [5.74, 6) is 4.20. The maximum absolute atomic E-state index is 6.31. The molecule has 0 bridgehead atoms. The Morgan fingerprint density at radius 3 is 1.34 bits per heavy atom. The van der Waals surface area contributed by atoms with Crippen LogP contribution in [0.1, 0.15) is 164 Å². The van der Waals surface area contributed by atoms with Gasteiger partial charge in [0, 0.05) is 0 Å². The normalized spacial score (nSPS) is 34.4. The van der Waals surface area contributed by atoms with Gasteiger partial charge in [-0.15, -0.1) is 0 Å². The van der Waals surface area contributed by atoms with E-state index in [9.17, 15) is 0 Å². The van der Waals surface area contributed by atoms with Crippen LogP contribution in [0.5, 0.6) is 0 Å². The van der Waals surface area contributed by atoms with Gasteiger partial charge in [0.15, 0.2) is 6.29 Å². The van der Waals surface area contributed by atoms with E-state index in [2.05, 4.69) is 34.6 Å². The van der Waals surface area contributed by atoms with Crippen LogP contribution < -0.4 is 0 Å². The summed E-state index contributed by atoms with van der Waals surface area (Å²) in [6.07, 6.45) is 26.4. The van der Waals surface area contributed by atoms with Gasteiger partial charge in [0.1, 0.15) is 12.2 Å². The molecule has 4 atom stereocenters. The summed E-state index contributed by atoms with van der Waals surface area (Å²) in [7, 11) is 0. The second-order valence-corrected chi connectivity index (χ2v) is 20.8. The van der Waals surface area contributed by atoms with Gasteiger partial charge >= 0.3 is 0 Å². The maximum Gasteiger partial charge on any atom is 0.155 e. The Kier molecular flexibility index (Phi) is 19.4. The fourth-order valence-electron chi connectivity index (χ4n) is 11.6. The summed E-state index contributed by atoms with van der Waals surface area (Å²) < 4.78 is 52.8. The molecule has 0 radical (unpaired) electrons. The second-order valence-electron chi connectivity index (χ2n) is 20.8. The molecular formula is C49H88O9. The molecule has 0 N–H and O–H groups in total. The van der Waals surface area contributed by atoms with Crippen molar-refractivity contribution in [2.75, 3.05) is 66.1 Å². The highest BCUT2D eigenvalue weighted by Gasteiger charge is 2.42. The van der Waals surface area contributed by atoms with E-state index in [-0.39, 0.29) is 12.4 Å². The zero-order valence-corrected chi connectivity index (χ0v) is 38.1. The van der Waals surface area contributed by atoms with Crippen LogP contribution in [-0.4, -0.2) is 109 Å². The lowest BCUT2D eigenvalue weighted by Crippen LogP contribution is -2.39. The van der Waals surface area contributed by atoms with Crippen molar-refractivity contribution < 1.29 is 42.6 Å². The van der Waals surface area contributed by atoms with Gasteiger partial charge in [-0.3, -0.25) is 0 Å². The first-order valence-corrected chi connectivity index (χ1v) is 24.6. The Morgan fingerprint density at radius 2 is 0.897 bits per heavy atom. The summed E-state index contributed by atoms with van der Waals surface area (Å²) in [6, 6.07) is 0. The molecule has 338 valence electrons. The van der Waals surface area contributed by atoms with E-state index in [4.69, 9.17) is 42.6 Å². The smallest absolute Gasteiger partial charge is 0.155 e. The average Bonchev–Trinajstić information content (AvgIpc) is 4.17. The first kappa shape index (κ1) is 47.1. The van der Waals surface area contributed by atoms with Gasteiger partial charge < -0.3 is 42.6 Å². The highest BCUT2D eigenvalue weighted by atomic mass is 16.7. The Labute approximate surface area is 354 Å². The Bertz CT molecular complexity index is 1090. The molecule has 0 amide bonds. The zero-order valence-electron chi connectivity index (χ0n) is 38.1. The highest BCUT2D eigenvalue weighted by molar-refractivity contribution is 4.92. The molecule has 6 rings (SSSR count). The molecule has 2 heterocycles. The third kappa shape index (κ3) is 15.8. The van der Waals surface area contributed by atoms with Gasteiger partial charge in [-0.1, -0.05) is 53.4 Å². The van der Waals surface area contributed by atoms with E-state index in [1.807, 2.05) is 6.92 Å². The molecule has 6 aliphatic rings. The Balaban J connectivity index is 0.693. The van der Waals surface area contributed by atoms with Crippen molar-refractivity contribution in [2.45, 2.75) is 206 Å². The molecule has 4 aliphatic carbocycles. The summed E-state index contributed by atoms with van der Waals surface area (Å²) >= 11 is 0. The lowest BCUT2D eigenvalue weighted by atomic mass is 9.59. The van der Waals surface area contributed by atoms with E-state index in [0.29, 0.717) is 81.0 Å². The van der Waals surface area contributed by atoms with Crippen LogP contribution >= 0.6 is 0 Å². The molecule has 0 aromatic heterocycles. The monoisotopic (exact) mass is 821 g/mol. The van der Waals surface area contributed by atoms with E-state index in [1.54, 1.807) is 0 Å². The minimum absolute atomic E-state index is 0.202. The molecule has 2 aliphatic heterocycles. The van der Waals surface area contributed by atoms with Crippen LogP contribution in [0.25, 0.3) is 0 Å². The van der Waals surface area contributed by atoms with Crippen LogP contribution in [0.3, 0.4) is 0 Å². The number of epoxide rings is 2.